The maximum atomic E-state index is 2.51. The van der Waals surface area contributed by atoms with E-state index in [1.165, 1.54) is 87.9 Å². The van der Waals surface area contributed by atoms with Gasteiger partial charge in [-0.05, 0) is 104 Å². The summed E-state index contributed by atoms with van der Waals surface area (Å²) < 4.78 is 2.40. The summed E-state index contributed by atoms with van der Waals surface area (Å²) >= 11 is 0. The van der Waals surface area contributed by atoms with Gasteiger partial charge < -0.3 is 9.47 Å². The summed E-state index contributed by atoms with van der Waals surface area (Å²) in [7, 11) is 0. The van der Waals surface area contributed by atoms with E-state index in [9.17, 15) is 0 Å². The summed E-state index contributed by atoms with van der Waals surface area (Å²) in [4.78, 5) is 2.51. The lowest BCUT2D eigenvalue weighted by molar-refractivity contribution is 0.660. The van der Waals surface area contributed by atoms with Gasteiger partial charge in [0.15, 0.2) is 0 Å². The highest BCUT2D eigenvalue weighted by atomic mass is 15.1. The van der Waals surface area contributed by atoms with Gasteiger partial charge in [-0.2, -0.15) is 0 Å². The van der Waals surface area contributed by atoms with Crippen molar-refractivity contribution < 1.29 is 0 Å². The van der Waals surface area contributed by atoms with E-state index in [4.69, 9.17) is 0 Å². The van der Waals surface area contributed by atoms with Crippen molar-refractivity contribution in [3.8, 4) is 39.1 Å². The van der Waals surface area contributed by atoms with Crippen molar-refractivity contribution in [3.05, 3.63) is 230 Å². The molecule has 0 amide bonds. The van der Waals surface area contributed by atoms with Gasteiger partial charge in [0.25, 0.3) is 0 Å². The molecule has 11 aromatic rings. The van der Waals surface area contributed by atoms with E-state index in [0.29, 0.717) is 0 Å². The number of aromatic nitrogens is 1. The lowest BCUT2D eigenvalue weighted by Crippen LogP contribution is -2.15. The molecule has 0 atom stereocenters. The molecular formula is C59H42N2. The Morgan fingerprint density at radius 1 is 0.393 bits per heavy atom. The van der Waals surface area contributed by atoms with E-state index in [2.05, 4.69) is 242 Å². The van der Waals surface area contributed by atoms with Crippen LogP contribution in [0.25, 0.3) is 82.4 Å². The van der Waals surface area contributed by atoms with Gasteiger partial charge in [-0.1, -0.05) is 184 Å². The summed E-state index contributed by atoms with van der Waals surface area (Å²) in [6.45, 7) is 4.73. The first-order valence-electron chi connectivity index (χ1n) is 21.3. The Labute approximate surface area is 356 Å². The fraction of sp³-hybridized carbons (Fsp3) is 0.0508. The molecule has 0 unspecified atom stereocenters. The van der Waals surface area contributed by atoms with Crippen molar-refractivity contribution in [1.29, 1.82) is 0 Å². The Morgan fingerprint density at radius 2 is 1.02 bits per heavy atom. The van der Waals surface area contributed by atoms with E-state index in [1.54, 1.807) is 0 Å². The van der Waals surface area contributed by atoms with Gasteiger partial charge in [0.1, 0.15) is 0 Å². The van der Waals surface area contributed by atoms with Gasteiger partial charge in [-0.3, -0.25) is 0 Å². The molecular weight excluding hydrogens is 737 g/mol. The molecule has 0 saturated heterocycles. The minimum Gasteiger partial charge on any atom is -0.309 e. The zero-order valence-electron chi connectivity index (χ0n) is 34.2. The van der Waals surface area contributed by atoms with Crippen molar-refractivity contribution >= 4 is 60.4 Å². The first-order chi connectivity index (χ1) is 30.1. The number of benzene rings is 10. The second-order valence-electron chi connectivity index (χ2n) is 16.8. The topological polar surface area (TPSA) is 8.17 Å². The maximum Gasteiger partial charge on any atom is 0.0547 e. The molecule has 10 aromatic carbocycles. The number of anilines is 3. The third kappa shape index (κ3) is 5.35. The summed E-state index contributed by atoms with van der Waals surface area (Å²) in [6.07, 6.45) is 0. The Hall–Kier alpha value is -7.68. The van der Waals surface area contributed by atoms with Crippen molar-refractivity contribution in [2.24, 2.45) is 0 Å². The average molecular weight is 779 g/mol. The molecule has 2 nitrogen and oxygen atoms in total. The molecule has 0 spiro atoms. The number of para-hydroxylation sites is 3. The van der Waals surface area contributed by atoms with E-state index in [1.807, 2.05) is 0 Å². The number of hydrogen-bond donors (Lipinski definition) is 0. The minimum atomic E-state index is -0.105. The van der Waals surface area contributed by atoms with Crippen LogP contribution in [-0.2, 0) is 5.41 Å². The number of rotatable bonds is 6. The van der Waals surface area contributed by atoms with E-state index in [0.717, 1.165) is 22.7 Å². The highest BCUT2D eigenvalue weighted by Gasteiger charge is 2.37. The highest BCUT2D eigenvalue weighted by Crippen LogP contribution is 2.54. The van der Waals surface area contributed by atoms with Crippen molar-refractivity contribution in [2.45, 2.75) is 19.3 Å². The lowest BCUT2D eigenvalue weighted by atomic mass is 9.82. The van der Waals surface area contributed by atoms with Crippen LogP contribution < -0.4 is 4.90 Å². The fourth-order valence-corrected chi connectivity index (χ4v) is 10.4. The normalized spacial score (nSPS) is 12.9. The summed E-state index contributed by atoms with van der Waals surface area (Å²) in [6, 6.07) is 80.5. The van der Waals surface area contributed by atoms with Crippen LogP contribution in [0.2, 0.25) is 0 Å². The fourth-order valence-electron chi connectivity index (χ4n) is 10.4. The first kappa shape index (κ1) is 35.3. The van der Waals surface area contributed by atoms with E-state index >= 15 is 0 Å². The molecule has 12 rings (SSSR count). The molecule has 2 heteroatoms. The Kier molecular flexibility index (Phi) is 7.92. The predicted molar refractivity (Wildman–Crippen MR) is 259 cm³/mol. The van der Waals surface area contributed by atoms with Gasteiger partial charge in [-0.25, -0.2) is 0 Å². The quantitative estimate of drug-likeness (QED) is 0.153. The number of nitrogens with zero attached hydrogens (tertiary/aromatic N) is 2. The lowest BCUT2D eigenvalue weighted by Gasteiger charge is -2.30. The molecule has 0 radical (unpaired) electrons. The van der Waals surface area contributed by atoms with Gasteiger partial charge >= 0.3 is 0 Å². The molecule has 0 saturated carbocycles. The van der Waals surface area contributed by atoms with Crippen LogP contribution in [0.1, 0.15) is 25.0 Å². The van der Waals surface area contributed by atoms with Gasteiger partial charge in [0.05, 0.1) is 22.4 Å². The first-order valence-corrected chi connectivity index (χ1v) is 21.3. The van der Waals surface area contributed by atoms with Crippen LogP contribution in [0, 0.1) is 0 Å². The zero-order valence-corrected chi connectivity index (χ0v) is 34.2. The molecule has 0 fully saturated rings. The smallest absolute Gasteiger partial charge is 0.0547 e. The zero-order chi connectivity index (χ0) is 40.7. The SMILES string of the molecule is CC1(C)c2ccccc2-c2c(-c3ccccc3N(c3cccc(-c4cccc5c4c4ccccc4n5-c4ccccc4)c3)c3cccc4c3ccc3ccccc34)cccc21. The largest absolute Gasteiger partial charge is 0.309 e. The standard InChI is InChI=1S/C59H42N2/c1-59(2)51-30-11-8-25-49(51)57-48(29-15-31-52(57)59)46-24-9-12-32-53(46)61(54-34-17-28-45-43-23-7-6-18-39(43)36-37-47(45)54)42-22-14-19-40(38-42)44-27-16-35-56-58(44)50-26-10-13-33-55(50)60(56)41-20-4-3-5-21-41/h3-38H,1-2H3. The molecule has 0 aliphatic heterocycles. The highest BCUT2D eigenvalue weighted by molar-refractivity contribution is 6.17. The third-order valence-electron chi connectivity index (χ3n) is 13.2. The van der Waals surface area contributed by atoms with Gasteiger partial charge in [0.2, 0.25) is 0 Å². The molecule has 1 aromatic heterocycles. The summed E-state index contributed by atoms with van der Waals surface area (Å²) in [5, 5.41) is 7.44. The number of fused-ring (bicyclic) bond motifs is 9. The molecule has 0 N–H and O–H groups in total. The third-order valence-corrected chi connectivity index (χ3v) is 13.2. The molecule has 1 heterocycles. The van der Waals surface area contributed by atoms with Crippen LogP contribution in [0.3, 0.4) is 0 Å². The Balaban J connectivity index is 1.12. The van der Waals surface area contributed by atoms with Crippen LogP contribution >= 0.6 is 0 Å². The Morgan fingerprint density at radius 3 is 1.92 bits per heavy atom. The summed E-state index contributed by atoms with van der Waals surface area (Å²) in [5.74, 6) is 0. The molecule has 0 bridgehead atoms. The minimum absolute atomic E-state index is 0.105. The monoisotopic (exact) mass is 778 g/mol. The maximum absolute atomic E-state index is 2.51. The van der Waals surface area contributed by atoms with Crippen LogP contribution in [0.15, 0.2) is 218 Å². The number of hydrogen-bond acceptors (Lipinski definition) is 1. The van der Waals surface area contributed by atoms with Crippen LogP contribution in [0.5, 0.6) is 0 Å². The van der Waals surface area contributed by atoms with Crippen LogP contribution in [-0.4, -0.2) is 4.57 Å². The van der Waals surface area contributed by atoms with Crippen molar-refractivity contribution in [1.82, 2.24) is 4.57 Å². The van der Waals surface area contributed by atoms with Crippen molar-refractivity contribution in [2.75, 3.05) is 4.90 Å². The van der Waals surface area contributed by atoms with Crippen LogP contribution in [0.4, 0.5) is 17.1 Å². The Bertz CT molecular complexity index is 3520. The average Bonchev–Trinajstić information content (AvgIpc) is 3.78. The second-order valence-corrected chi connectivity index (χ2v) is 16.8. The van der Waals surface area contributed by atoms with E-state index in [-0.39, 0.29) is 5.41 Å². The van der Waals surface area contributed by atoms with Gasteiger partial charge in [-0.15, -0.1) is 0 Å². The molecule has 288 valence electrons. The van der Waals surface area contributed by atoms with E-state index < -0.39 is 0 Å². The van der Waals surface area contributed by atoms with Crippen molar-refractivity contribution in [3.63, 3.8) is 0 Å². The second kappa shape index (κ2) is 13.7. The molecule has 1 aliphatic rings. The molecule has 61 heavy (non-hydrogen) atoms. The predicted octanol–water partition coefficient (Wildman–Crippen LogP) is 16.2. The summed E-state index contributed by atoms with van der Waals surface area (Å²) in [5.41, 5.74) is 17.0. The van der Waals surface area contributed by atoms with Gasteiger partial charge in [0, 0.05) is 38.5 Å². The molecule has 1 aliphatic carbocycles.